The molecule has 4 heterocycles. The number of nitrogens with zero attached hydrogens (tertiary/aromatic N) is 4. The first-order chi connectivity index (χ1) is 25.6. The van der Waals surface area contributed by atoms with E-state index >= 15 is 0 Å². The first-order valence-corrected chi connectivity index (χ1v) is 17.3. The Kier molecular flexibility index (Phi) is 11.6. The SMILES string of the molecule is CCOC(=O)c1cc(C)cc(-c2cccc(C#C[C@]3(O)CCN(C)C3=O)c2)n1.Cc1cc(C(N)=O)nc(-c2cccc(C#C[C@]3(O)CCN(C)C3=O)c2)c1. The molecule has 54 heavy (non-hydrogen) atoms. The number of aromatic nitrogens is 2. The lowest BCUT2D eigenvalue weighted by Crippen LogP contribution is -2.37. The van der Waals surface area contributed by atoms with E-state index in [0.717, 1.165) is 22.3 Å². The number of aliphatic hydroxyl groups is 2. The zero-order valence-corrected chi connectivity index (χ0v) is 30.8. The van der Waals surface area contributed by atoms with Crippen molar-refractivity contribution in [2.45, 2.75) is 44.8 Å². The van der Waals surface area contributed by atoms with E-state index in [1.54, 1.807) is 57.4 Å². The van der Waals surface area contributed by atoms with Gasteiger partial charge in [-0.05, 0) is 80.4 Å². The number of benzene rings is 2. The van der Waals surface area contributed by atoms with Crippen LogP contribution in [0.1, 0.15) is 63.0 Å². The van der Waals surface area contributed by atoms with Crippen LogP contribution in [0.5, 0.6) is 0 Å². The number of primary amides is 1. The van der Waals surface area contributed by atoms with Gasteiger partial charge in [0.2, 0.25) is 11.2 Å². The maximum Gasteiger partial charge on any atom is 0.356 e. The molecule has 12 nitrogen and oxygen atoms in total. The number of aryl methyl sites for hydroxylation is 2. The van der Waals surface area contributed by atoms with Crippen molar-refractivity contribution in [2.24, 2.45) is 5.73 Å². The van der Waals surface area contributed by atoms with Gasteiger partial charge in [0.1, 0.15) is 11.4 Å². The van der Waals surface area contributed by atoms with Gasteiger partial charge >= 0.3 is 5.97 Å². The molecule has 2 atom stereocenters. The molecule has 4 N–H and O–H groups in total. The van der Waals surface area contributed by atoms with E-state index in [1.807, 2.05) is 50.2 Å². The van der Waals surface area contributed by atoms with Crippen molar-refractivity contribution in [2.75, 3.05) is 33.8 Å². The Hall–Kier alpha value is -6.34. The number of carbonyl (C=O) groups is 4. The molecule has 0 unspecified atom stereocenters. The summed E-state index contributed by atoms with van der Waals surface area (Å²) in [6.45, 7) is 6.73. The Labute approximate surface area is 314 Å². The van der Waals surface area contributed by atoms with Gasteiger partial charge in [0.25, 0.3) is 17.7 Å². The lowest BCUT2D eigenvalue weighted by molar-refractivity contribution is -0.138. The third-order valence-electron chi connectivity index (χ3n) is 8.84. The second-order valence-corrected chi connectivity index (χ2v) is 13.3. The van der Waals surface area contributed by atoms with Crippen LogP contribution in [0.4, 0.5) is 0 Å². The maximum absolute atomic E-state index is 12.0. The smallest absolute Gasteiger partial charge is 0.356 e. The van der Waals surface area contributed by atoms with Gasteiger partial charge in [-0.3, -0.25) is 14.4 Å². The zero-order valence-electron chi connectivity index (χ0n) is 30.8. The number of nitrogens with two attached hydrogens (primary N) is 1. The summed E-state index contributed by atoms with van der Waals surface area (Å²) in [5.74, 6) is 9.36. The molecule has 0 saturated carbocycles. The van der Waals surface area contributed by atoms with Gasteiger partial charge in [-0.1, -0.05) is 47.9 Å². The van der Waals surface area contributed by atoms with Crippen LogP contribution < -0.4 is 5.73 Å². The molecule has 4 aromatic rings. The first kappa shape index (κ1) is 38.9. The van der Waals surface area contributed by atoms with E-state index in [1.165, 1.54) is 9.80 Å². The first-order valence-electron chi connectivity index (χ1n) is 17.3. The molecule has 0 aliphatic carbocycles. The molecular weight excluding hydrogens is 686 g/mol. The minimum Gasteiger partial charge on any atom is -0.461 e. The number of pyridine rings is 2. The van der Waals surface area contributed by atoms with Crippen LogP contribution in [0.2, 0.25) is 0 Å². The maximum atomic E-state index is 12.0. The van der Waals surface area contributed by atoms with Crippen LogP contribution in [-0.2, 0) is 14.3 Å². The van der Waals surface area contributed by atoms with E-state index in [9.17, 15) is 29.4 Å². The number of carbonyl (C=O) groups excluding carboxylic acids is 4. The Morgan fingerprint density at radius 2 is 1.20 bits per heavy atom. The van der Waals surface area contributed by atoms with Crippen LogP contribution in [0.3, 0.4) is 0 Å². The Bertz CT molecular complexity index is 2270. The van der Waals surface area contributed by atoms with Crippen LogP contribution >= 0.6 is 0 Å². The topological polar surface area (TPSA) is 176 Å². The van der Waals surface area contributed by atoms with Crippen molar-refractivity contribution in [1.29, 1.82) is 0 Å². The highest BCUT2D eigenvalue weighted by molar-refractivity contribution is 5.92. The monoisotopic (exact) mass is 727 g/mol. The fraction of sp³-hybridized carbons (Fsp3) is 0.286. The standard InChI is InChI=1S/C22H22N2O4.C20H19N3O3/c1-4-28-20(25)19-13-15(2)12-18(23-19)17-7-5-6-16(14-17)8-9-22(27)10-11-24(3)21(22)26;1-13-10-16(22-17(11-13)18(21)24)15-5-3-4-14(12-15)6-7-20(26)8-9-23(2)19(20)25/h5-7,12-14,27H,4,10-11H2,1-3H3;3-5,10-12,26H,8-9H2,1-2H3,(H2,21,24)/t22-;20-/m00/s1. The Morgan fingerprint density at radius 1 is 0.759 bits per heavy atom. The summed E-state index contributed by atoms with van der Waals surface area (Å²) < 4.78 is 5.04. The lowest BCUT2D eigenvalue weighted by atomic mass is 10.0. The quantitative estimate of drug-likeness (QED) is 0.206. The third-order valence-corrected chi connectivity index (χ3v) is 8.84. The van der Waals surface area contributed by atoms with E-state index in [-0.39, 0.29) is 42.7 Å². The van der Waals surface area contributed by atoms with Gasteiger partial charge in [-0.2, -0.15) is 0 Å². The molecule has 0 spiro atoms. The summed E-state index contributed by atoms with van der Waals surface area (Å²) >= 11 is 0. The van der Waals surface area contributed by atoms with Gasteiger partial charge < -0.3 is 30.5 Å². The van der Waals surface area contributed by atoms with Crippen LogP contribution in [-0.4, -0.2) is 98.7 Å². The van der Waals surface area contributed by atoms with Gasteiger partial charge in [0.15, 0.2) is 0 Å². The minimum atomic E-state index is -1.64. The number of rotatable bonds is 5. The molecule has 2 fully saturated rings. The molecule has 6 rings (SSSR count). The van der Waals surface area contributed by atoms with E-state index in [2.05, 4.69) is 33.6 Å². The fourth-order valence-corrected chi connectivity index (χ4v) is 5.87. The molecule has 2 saturated heterocycles. The summed E-state index contributed by atoms with van der Waals surface area (Å²) in [6, 6.07) is 21.6. The van der Waals surface area contributed by atoms with E-state index in [4.69, 9.17) is 10.5 Å². The highest BCUT2D eigenvalue weighted by Crippen LogP contribution is 2.25. The highest BCUT2D eigenvalue weighted by atomic mass is 16.5. The Morgan fingerprint density at radius 3 is 1.61 bits per heavy atom. The zero-order chi connectivity index (χ0) is 39.2. The number of hydrogen-bond donors (Lipinski definition) is 3. The van der Waals surface area contributed by atoms with E-state index < -0.39 is 23.1 Å². The summed E-state index contributed by atoms with van der Waals surface area (Å²) in [5.41, 5.74) is 8.34. The number of likely N-dealkylation sites (tertiary alicyclic amines) is 2. The summed E-state index contributed by atoms with van der Waals surface area (Å²) in [5, 5.41) is 20.8. The van der Waals surface area contributed by atoms with Crippen molar-refractivity contribution in [3.63, 3.8) is 0 Å². The molecule has 2 aromatic heterocycles. The predicted molar refractivity (Wildman–Crippen MR) is 201 cm³/mol. The van der Waals surface area contributed by atoms with Gasteiger partial charge in [-0.15, -0.1) is 0 Å². The number of amides is 3. The van der Waals surface area contributed by atoms with E-state index in [0.29, 0.717) is 35.6 Å². The van der Waals surface area contributed by atoms with Crippen LogP contribution in [0, 0.1) is 37.5 Å². The molecule has 2 aromatic carbocycles. The fourth-order valence-electron chi connectivity index (χ4n) is 5.87. The molecule has 2 aliphatic heterocycles. The van der Waals surface area contributed by atoms with Crippen molar-refractivity contribution in [3.05, 3.63) is 106 Å². The second kappa shape index (κ2) is 16.1. The van der Waals surface area contributed by atoms with Crippen molar-refractivity contribution >= 4 is 23.7 Å². The molecule has 3 amide bonds. The second-order valence-electron chi connectivity index (χ2n) is 13.3. The highest BCUT2D eigenvalue weighted by Gasteiger charge is 2.43. The lowest BCUT2D eigenvalue weighted by Gasteiger charge is -2.13. The molecule has 0 radical (unpaired) electrons. The number of hydrogen-bond acceptors (Lipinski definition) is 9. The molecule has 276 valence electrons. The van der Waals surface area contributed by atoms with Crippen molar-refractivity contribution in [1.82, 2.24) is 19.8 Å². The van der Waals surface area contributed by atoms with Gasteiger partial charge in [0, 0.05) is 62.3 Å². The minimum absolute atomic E-state index is 0.199. The van der Waals surface area contributed by atoms with Crippen molar-refractivity contribution in [3.8, 4) is 46.2 Å². The number of esters is 1. The van der Waals surface area contributed by atoms with Crippen LogP contribution in [0.25, 0.3) is 22.5 Å². The van der Waals surface area contributed by atoms with Crippen LogP contribution in [0.15, 0.2) is 72.8 Å². The largest absolute Gasteiger partial charge is 0.461 e. The average Bonchev–Trinajstić information content (AvgIpc) is 3.57. The summed E-state index contributed by atoms with van der Waals surface area (Å²) in [4.78, 5) is 59.1. The molecule has 2 aliphatic rings. The normalized spacial score (nSPS) is 18.9. The predicted octanol–water partition coefficient (Wildman–Crippen LogP) is 3.28. The van der Waals surface area contributed by atoms with Gasteiger partial charge in [0.05, 0.1) is 18.0 Å². The average molecular weight is 728 g/mol. The van der Waals surface area contributed by atoms with Gasteiger partial charge in [-0.25, -0.2) is 14.8 Å². The Balaban J connectivity index is 0.000000208. The third kappa shape index (κ3) is 8.99. The molecule has 0 bridgehead atoms. The number of likely N-dealkylation sites (N-methyl/N-ethyl adjacent to an activating group) is 2. The number of ether oxygens (including phenoxy) is 1. The summed E-state index contributed by atoms with van der Waals surface area (Å²) in [6.07, 6.45) is 0.577. The molecular formula is C42H41N5O7. The summed E-state index contributed by atoms with van der Waals surface area (Å²) in [7, 11) is 3.29. The molecule has 12 heteroatoms. The van der Waals surface area contributed by atoms with Crippen molar-refractivity contribution < 1.29 is 34.1 Å².